The Bertz CT molecular complexity index is 1830. The maximum atomic E-state index is 13.7. The second-order valence-corrected chi connectivity index (χ2v) is 12.2. The highest BCUT2D eigenvalue weighted by atomic mass is 19.1. The summed E-state index contributed by atoms with van der Waals surface area (Å²) in [5, 5.41) is 21.8. The Kier molecular flexibility index (Phi) is 8.58. The third-order valence-electron chi connectivity index (χ3n) is 9.18. The third kappa shape index (κ3) is 5.97. The Hall–Kier alpha value is -5.41. The molecule has 2 aliphatic rings. The van der Waals surface area contributed by atoms with Crippen molar-refractivity contribution in [3.63, 3.8) is 0 Å². The first kappa shape index (κ1) is 31.6. The molecule has 0 bridgehead atoms. The summed E-state index contributed by atoms with van der Waals surface area (Å²) < 4.78 is 20.2. The minimum atomic E-state index is -1.13. The van der Waals surface area contributed by atoms with E-state index in [0.29, 0.717) is 48.9 Å². The van der Waals surface area contributed by atoms with Crippen LogP contribution in [-0.4, -0.2) is 58.0 Å². The monoisotopic (exact) mass is 635 g/mol. The molecule has 240 valence electrons. The lowest BCUT2D eigenvalue weighted by molar-refractivity contribution is -0.130. The van der Waals surface area contributed by atoms with E-state index in [9.17, 15) is 24.0 Å². The van der Waals surface area contributed by atoms with Crippen LogP contribution in [0.1, 0.15) is 75.0 Å². The average Bonchev–Trinajstić information content (AvgIpc) is 3.74. The quantitative estimate of drug-likeness (QED) is 0.250. The lowest BCUT2D eigenvalue weighted by atomic mass is 9.68. The van der Waals surface area contributed by atoms with Crippen LogP contribution in [0.3, 0.4) is 0 Å². The molecule has 3 aromatic carbocycles. The van der Waals surface area contributed by atoms with Crippen molar-refractivity contribution in [3.8, 4) is 17.5 Å². The maximum Gasteiger partial charge on any atom is 0.248 e. The minimum Gasteiger partial charge on any atom is -0.419 e. The Morgan fingerprint density at radius 1 is 1.02 bits per heavy atom. The minimum absolute atomic E-state index is 0.0149. The van der Waals surface area contributed by atoms with E-state index in [-0.39, 0.29) is 30.3 Å². The molecule has 1 saturated heterocycles. The van der Waals surface area contributed by atoms with Crippen LogP contribution >= 0.6 is 0 Å². The number of amides is 3. The number of primary amides is 2. The number of likely N-dealkylation sites (tertiary alicyclic amines) is 1. The Balaban J connectivity index is 1.49. The summed E-state index contributed by atoms with van der Waals surface area (Å²) in [5.41, 5.74) is 14.7. The van der Waals surface area contributed by atoms with Crippen molar-refractivity contribution in [2.24, 2.45) is 11.5 Å². The number of nitriles is 1. The van der Waals surface area contributed by atoms with Gasteiger partial charge in [-0.15, -0.1) is 10.2 Å². The standard InChI is InChI=1S/C35H34FN7O4/c1-20(40-19-30(44)43-14-2-3-27(43)18-37)17-35(34-42-41-33(47-34)21-6-10-26(36)11-7-21)28-12-8-24(31(38)45)15-22(28)4-5-23-16-25(32(39)46)9-13-29(23)35/h6-13,15-16,20,27,40H,2-5,14,17,19H2,1H3,(H2,38,45)(H2,39,46)/t20-,27?/m0/s1. The molecule has 1 aromatic heterocycles. The predicted molar refractivity (Wildman–Crippen MR) is 169 cm³/mol. The number of aromatic nitrogens is 2. The lowest BCUT2D eigenvalue weighted by Crippen LogP contribution is -2.45. The first-order valence-electron chi connectivity index (χ1n) is 15.5. The number of aryl methyl sites for hydroxylation is 2. The molecule has 6 rings (SSSR count). The highest BCUT2D eigenvalue weighted by Gasteiger charge is 2.47. The number of carbonyl (C=O) groups excluding carboxylic acids is 3. The molecular formula is C35H34FN7O4. The zero-order chi connectivity index (χ0) is 33.3. The number of fused-ring (bicyclic) bond motifs is 2. The topological polar surface area (TPSA) is 181 Å². The predicted octanol–water partition coefficient (Wildman–Crippen LogP) is 3.39. The fourth-order valence-corrected chi connectivity index (χ4v) is 6.89. The van der Waals surface area contributed by atoms with Crippen molar-refractivity contribution in [3.05, 3.63) is 106 Å². The number of hydrogen-bond acceptors (Lipinski definition) is 8. The summed E-state index contributed by atoms with van der Waals surface area (Å²) in [7, 11) is 0. The molecule has 1 fully saturated rings. The number of rotatable bonds is 9. The van der Waals surface area contributed by atoms with Crippen molar-refractivity contribution < 1.29 is 23.2 Å². The summed E-state index contributed by atoms with van der Waals surface area (Å²) in [6.45, 7) is 2.50. The van der Waals surface area contributed by atoms with Gasteiger partial charge in [0.15, 0.2) is 0 Å². The SMILES string of the molecule is C[C@@H](CC1(c2nnc(-c3ccc(F)cc3)o2)c2ccc(C(N)=O)cc2CCc2cc(C(N)=O)ccc21)NCC(=O)N1CCCC1C#N. The Morgan fingerprint density at radius 2 is 1.64 bits per heavy atom. The van der Waals surface area contributed by atoms with E-state index in [2.05, 4.69) is 21.6 Å². The van der Waals surface area contributed by atoms with E-state index in [1.54, 1.807) is 41.3 Å². The van der Waals surface area contributed by atoms with Crippen LogP contribution < -0.4 is 16.8 Å². The van der Waals surface area contributed by atoms with Crippen LogP contribution in [0.15, 0.2) is 65.1 Å². The Morgan fingerprint density at radius 3 is 2.21 bits per heavy atom. The molecule has 0 spiro atoms. The van der Waals surface area contributed by atoms with Crippen molar-refractivity contribution in [1.29, 1.82) is 5.26 Å². The van der Waals surface area contributed by atoms with Crippen molar-refractivity contribution in [2.45, 2.75) is 56.5 Å². The van der Waals surface area contributed by atoms with Gasteiger partial charge in [0.2, 0.25) is 29.5 Å². The van der Waals surface area contributed by atoms with Crippen LogP contribution in [0.5, 0.6) is 0 Å². The van der Waals surface area contributed by atoms with Crippen LogP contribution in [0.4, 0.5) is 4.39 Å². The van der Waals surface area contributed by atoms with Crippen LogP contribution in [0.25, 0.3) is 11.5 Å². The van der Waals surface area contributed by atoms with Gasteiger partial charge in [0.25, 0.3) is 0 Å². The van der Waals surface area contributed by atoms with Gasteiger partial charge in [0, 0.05) is 29.3 Å². The number of nitrogens with one attached hydrogen (secondary N) is 1. The summed E-state index contributed by atoms with van der Waals surface area (Å²) in [6.07, 6.45) is 2.78. The van der Waals surface area contributed by atoms with Gasteiger partial charge in [-0.1, -0.05) is 12.1 Å². The van der Waals surface area contributed by atoms with Gasteiger partial charge in [0.1, 0.15) is 17.3 Å². The average molecular weight is 636 g/mol. The Labute approximate surface area is 270 Å². The lowest BCUT2D eigenvalue weighted by Gasteiger charge is -2.36. The second kappa shape index (κ2) is 12.8. The molecule has 5 N–H and O–H groups in total. The normalized spacial score (nSPS) is 17.2. The smallest absolute Gasteiger partial charge is 0.248 e. The fourth-order valence-electron chi connectivity index (χ4n) is 6.89. The molecule has 4 aromatic rings. The van der Waals surface area contributed by atoms with Crippen LogP contribution in [0, 0.1) is 17.1 Å². The van der Waals surface area contributed by atoms with Gasteiger partial charge in [-0.05, 0) is 110 Å². The van der Waals surface area contributed by atoms with E-state index in [1.807, 2.05) is 19.1 Å². The molecule has 1 aliphatic carbocycles. The molecule has 3 amide bonds. The molecule has 12 heteroatoms. The maximum absolute atomic E-state index is 13.7. The zero-order valence-electron chi connectivity index (χ0n) is 25.8. The molecule has 11 nitrogen and oxygen atoms in total. The largest absolute Gasteiger partial charge is 0.419 e. The van der Waals surface area contributed by atoms with Crippen molar-refractivity contribution in [2.75, 3.05) is 13.1 Å². The van der Waals surface area contributed by atoms with Gasteiger partial charge in [-0.3, -0.25) is 14.4 Å². The molecule has 1 unspecified atom stereocenters. The molecule has 0 radical (unpaired) electrons. The molecule has 2 heterocycles. The molecule has 0 saturated carbocycles. The van der Waals surface area contributed by atoms with Gasteiger partial charge < -0.3 is 26.1 Å². The number of benzene rings is 3. The summed E-state index contributed by atoms with van der Waals surface area (Å²) in [4.78, 5) is 39.3. The van der Waals surface area contributed by atoms with Gasteiger partial charge >= 0.3 is 0 Å². The highest BCUT2D eigenvalue weighted by molar-refractivity contribution is 5.94. The van der Waals surface area contributed by atoms with Gasteiger partial charge in [0.05, 0.1) is 12.6 Å². The van der Waals surface area contributed by atoms with Crippen molar-refractivity contribution >= 4 is 17.7 Å². The highest BCUT2D eigenvalue weighted by Crippen LogP contribution is 2.48. The van der Waals surface area contributed by atoms with E-state index in [1.165, 1.54) is 12.1 Å². The summed E-state index contributed by atoms with van der Waals surface area (Å²) in [5.74, 6) is -1.29. The van der Waals surface area contributed by atoms with Gasteiger partial charge in [-0.2, -0.15) is 5.26 Å². The third-order valence-corrected chi connectivity index (χ3v) is 9.18. The number of halogens is 1. The van der Waals surface area contributed by atoms with E-state index >= 15 is 0 Å². The molecule has 2 atom stereocenters. The first-order chi connectivity index (χ1) is 22.6. The second-order valence-electron chi connectivity index (χ2n) is 12.2. The number of nitrogens with two attached hydrogens (primary N) is 2. The van der Waals surface area contributed by atoms with Gasteiger partial charge in [-0.25, -0.2) is 4.39 Å². The molecule has 1 aliphatic heterocycles. The number of nitrogens with zero attached hydrogens (tertiary/aromatic N) is 4. The van der Waals surface area contributed by atoms with E-state index < -0.39 is 29.1 Å². The first-order valence-corrected chi connectivity index (χ1v) is 15.5. The summed E-state index contributed by atoms with van der Waals surface area (Å²) >= 11 is 0. The zero-order valence-corrected chi connectivity index (χ0v) is 25.8. The van der Waals surface area contributed by atoms with Crippen molar-refractivity contribution in [1.82, 2.24) is 20.4 Å². The molecule has 47 heavy (non-hydrogen) atoms. The number of carbonyl (C=O) groups is 3. The van der Waals surface area contributed by atoms with Crippen LogP contribution in [0.2, 0.25) is 0 Å². The van der Waals surface area contributed by atoms with E-state index in [0.717, 1.165) is 28.7 Å². The number of hydrogen-bond donors (Lipinski definition) is 3. The summed E-state index contributed by atoms with van der Waals surface area (Å²) in [6, 6.07) is 17.7. The fraction of sp³-hybridized carbons (Fsp3) is 0.314. The van der Waals surface area contributed by atoms with E-state index in [4.69, 9.17) is 15.9 Å². The molecular weight excluding hydrogens is 601 g/mol. The van der Waals surface area contributed by atoms with Crippen LogP contribution in [-0.2, 0) is 23.1 Å².